The van der Waals surface area contributed by atoms with Gasteiger partial charge in [-0.25, -0.2) is 0 Å². The van der Waals surface area contributed by atoms with Crippen molar-refractivity contribution in [2.24, 2.45) is 0 Å². The van der Waals surface area contributed by atoms with Crippen LogP contribution >= 0.6 is 0 Å². The van der Waals surface area contributed by atoms with Gasteiger partial charge in [-0.15, -0.1) is 0 Å². The topological polar surface area (TPSA) is 76.3 Å². The van der Waals surface area contributed by atoms with Crippen LogP contribution in [0.4, 0.5) is 5.69 Å². The highest BCUT2D eigenvalue weighted by atomic mass is 16.6. The molecular formula is C14H14N2O3. The molecule has 0 radical (unpaired) electrons. The average Bonchev–Trinajstić information content (AvgIpc) is 2.41. The number of aromatic nitrogens is 1. The Labute approximate surface area is 110 Å². The number of pyridine rings is 1. The highest BCUT2D eigenvalue weighted by Gasteiger charge is 2.19. The zero-order valence-corrected chi connectivity index (χ0v) is 10.5. The molecule has 19 heavy (non-hydrogen) atoms. The minimum Gasteiger partial charge on any atom is -0.388 e. The highest BCUT2D eigenvalue weighted by Crippen LogP contribution is 2.24. The summed E-state index contributed by atoms with van der Waals surface area (Å²) in [6, 6.07) is 10.5. The molecule has 1 heterocycles. The average molecular weight is 258 g/mol. The molecule has 0 bridgehead atoms. The number of nitrogens with zero attached hydrogens (tertiary/aromatic N) is 2. The fourth-order valence-corrected chi connectivity index (χ4v) is 1.87. The van der Waals surface area contributed by atoms with Crippen LogP contribution in [0.25, 0.3) is 0 Å². The van der Waals surface area contributed by atoms with E-state index in [2.05, 4.69) is 4.98 Å². The van der Waals surface area contributed by atoms with E-state index < -0.39 is 11.0 Å². The number of aryl methyl sites for hydroxylation is 1. The van der Waals surface area contributed by atoms with Crippen molar-refractivity contribution in [1.82, 2.24) is 4.98 Å². The smallest absolute Gasteiger partial charge is 0.291 e. The molecule has 1 aromatic heterocycles. The second kappa shape index (κ2) is 5.58. The van der Waals surface area contributed by atoms with Gasteiger partial charge in [-0.05, 0) is 18.1 Å². The molecule has 2 rings (SSSR count). The quantitative estimate of drug-likeness (QED) is 0.675. The molecule has 5 nitrogen and oxygen atoms in total. The molecule has 0 fully saturated rings. The Morgan fingerprint density at radius 2 is 2.05 bits per heavy atom. The predicted molar refractivity (Wildman–Crippen MR) is 70.7 cm³/mol. The van der Waals surface area contributed by atoms with Gasteiger partial charge >= 0.3 is 0 Å². The second-order valence-electron chi connectivity index (χ2n) is 4.37. The first-order valence-corrected chi connectivity index (χ1v) is 5.91. The van der Waals surface area contributed by atoms with Crippen LogP contribution in [0.2, 0.25) is 0 Å². The van der Waals surface area contributed by atoms with Gasteiger partial charge in [-0.3, -0.25) is 15.1 Å². The number of hydrogen-bond donors (Lipinski definition) is 1. The van der Waals surface area contributed by atoms with Crippen LogP contribution < -0.4 is 0 Å². The summed E-state index contributed by atoms with van der Waals surface area (Å²) in [4.78, 5) is 14.6. The van der Waals surface area contributed by atoms with E-state index in [4.69, 9.17) is 0 Å². The normalized spacial score (nSPS) is 12.1. The molecule has 98 valence electrons. The molecule has 5 heteroatoms. The molecule has 0 saturated carbocycles. The van der Waals surface area contributed by atoms with Crippen LogP contribution in [0.1, 0.15) is 22.9 Å². The maximum absolute atomic E-state index is 11.0. The minimum absolute atomic E-state index is 0.0463. The van der Waals surface area contributed by atoms with Gasteiger partial charge in [0.1, 0.15) is 5.69 Å². The highest BCUT2D eigenvalue weighted by molar-refractivity contribution is 5.38. The van der Waals surface area contributed by atoms with Crippen molar-refractivity contribution in [2.45, 2.75) is 19.4 Å². The van der Waals surface area contributed by atoms with Crippen LogP contribution in [0.3, 0.4) is 0 Å². The molecule has 0 saturated heterocycles. The number of benzene rings is 1. The lowest BCUT2D eigenvalue weighted by atomic mass is 10.0. The fraction of sp³-hybridized carbons (Fsp3) is 0.214. The number of hydrogen-bond acceptors (Lipinski definition) is 4. The third-order valence-electron chi connectivity index (χ3n) is 2.85. The Bertz CT molecular complexity index is 584. The Morgan fingerprint density at radius 1 is 1.37 bits per heavy atom. The molecular weight excluding hydrogens is 244 g/mol. The maximum atomic E-state index is 11.0. The second-order valence-corrected chi connectivity index (χ2v) is 4.37. The van der Waals surface area contributed by atoms with E-state index in [-0.39, 0.29) is 12.1 Å². The molecule has 0 aliphatic rings. The van der Waals surface area contributed by atoms with E-state index in [1.807, 2.05) is 18.2 Å². The van der Waals surface area contributed by atoms with Crippen LogP contribution in [-0.2, 0) is 6.42 Å². The number of nitro groups is 1. The van der Waals surface area contributed by atoms with Gasteiger partial charge in [0.25, 0.3) is 5.69 Å². The molecule has 1 N–H and O–H groups in total. The van der Waals surface area contributed by atoms with E-state index in [1.165, 1.54) is 6.07 Å². The third-order valence-corrected chi connectivity index (χ3v) is 2.85. The molecule has 1 atom stereocenters. The summed E-state index contributed by atoms with van der Waals surface area (Å²) < 4.78 is 0. The third kappa shape index (κ3) is 3.14. The van der Waals surface area contributed by atoms with Crippen molar-refractivity contribution in [3.63, 3.8) is 0 Å². The molecule has 0 spiro atoms. The van der Waals surface area contributed by atoms with Crippen molar-refractivity contribution in [3.8, 4) is 0 Å². The van der Waals surface area contributed by atoms with E-state index in [0.29, 0.717) is 5.69 Å². The summed E-state index contributed by atoms with van der Waals surface area (Å²) in [6.07, 6.45) is 0.899. The van der Waals surface area contributed by atoms with E-state index in [9.17, 15) is 15.2 Å². The van der Waals surface area contributed by atoms with Crippen LogP contribution in [-0.4, -0.2) is 15.0 Å². The van der Waals surface area contributed by atoms with Gasteiger partial charge < -0.3 is 5.11 Å². The van der Waals surface area contributed by atoms with Gasteiger partial charge in [-0.1, -0.05) is 30.3 Å². The van der Waals surface area contributed by atoms with Crippen molar-refractivity contribution < 1.29 is 10.0 Å². The number of aliphatic hydroxyl groups excluding tert-OH is 1. The van der Waals surface area contributed by atoms with E-state index in [1.54, 1.807) is 25.3 Å². The number of rotatable bonds is 4. The van der Waals surface area contributed by atoms with Gasteiger partial charge in [-0.2, -0.15) is 0 Å². The first-order valence-electron chi connectivity index (χ1n) is 5.91. The van der Waals surface area contributed by atoms with Gasteiger partial charge in [0.2, 0.25) is 0 Å². The lowest BCUT2D eigenvalue weighted by Crippen LogP contribution is -2.06. The summed E-state index contributed by atoms with van der Waals surface area (Å²) >= 11 is 0. The zero-order valence-electron chi connectivity index (χ0n) is 10.5. The lowest BCUT2D eigenvalue weighted by molar-refractivity contribution is -0.386. The number of aliphatic hydroxyl groups is 1. The summed E-state index contributed by atoms with van der Waals surface area (Å²) in [5, 5.41) is 21.1. The molecule has 2 aromatic rings. The Kier molecular flexibility index (Phi) is 3.87. The molecule has 0 aliphatic carbocycles. The first-order chi connectivity index (χ1) is 9.08. The van der Waals surface area contributed by atoms with Crippen molar-refractivity contribution in [2.75, 3.05) is 0 Å². The minimum atomic E-state index is -0.796. The molecule has 1 aromatic carbocycles. The summed E-state index contributed by atoms with van der Waals surface area (Å²) in [7, 11) is 0. The standard InChI is InChI=1S/C14H14N2O3/c1-10-7-13(16(18)19)12(15-9-10)8-14(17)11-5-3-2-4-6-11/h2-7,9,14,17H,8H2,1H3. The molecule has 0 aliphatic heterocycles. The van der Waals surface area contributed by atoms with E-state index >= 15 is 0 Å². The molecule has 0 amide bonds. The van der Waals surface area contributed by atoms with Crippen molar-refractivity contribution in [1.29, 1.82) is 0 Å². The van der Waals surface area contributed by atoms with Crippen LogP contribution in [0, 0.1) is 17.0 Å². The lowest BCUT2D eigenvalue weighted by Gasteiger charge is -2.10. The maximum Gasteiger partial charge on any atom is 0.291 e. The first kappa shape index (κ1) is 13.2. The Morgan fingerprint density at radius 3 is 2.68 bits per heavy atom. The van der Waals surface area contributed by atoms with Crippen molar-refractivity contribution >= 4 is 5.69 Å². The summed E-state index contributed by atoms with van der Waals surface area (Å²) in [5.41, 5.74) is 1.70. The predicted octanol–water partition coefficient (Wildman–Crippen LogP) is 2.57. The van der Waals surface area contributed by atoms with Gasteiger partial charge in [0, 0.05) is 18.7 Å². The Hall–Kier alpha value is -2.27. The van der Waals surface area contributed by atoms with E-state index in [0.717, 1.165) is 11.1 Å². The van der Waals surface area contributed by atoms with Crippen LogP contribution in [0.5, 0.6) is 0 Å². The monoisotopic (exact) mass is 258 g/mol. The zero-order chi connectivity index (χ0) is 13.8. The molecule has 1 unspecified atom stereocenters. The van der Waals surface area contributed by atoms with Gasteiger partial charge in [0.05, 0.1) is 11.0 Å². The Balaban J connectivity index is 2.26. The van der Waals surface area contributed by atoms with Crippen LogP contribution in [0.15, 0.2) is 42.6 Å². The summed E-state index contributed by atoms with van der Waals surface area (Å²) in [6.45, 7) is 1.75. The fourth-order valence-electron chi connectivity index (χ4n) is 1.87. The largest absolute Gasteiger partial charge is 0.388 e. The summed E-state index contributed by atoms with van der Waals surface area (Å²) in [5.74, 6) is 0. The van der Waals surface area contributed by atoms with Gasteiger partial charge in [0.15, 0.2) is 0 Å². The SMILES string of the molecule is Cc1cnc(CC(O)c2ccccc2)c([N+](=O)[O-])c1. The van der Waals surface area contributed by atoms with Crippen molar-refractivity contribution in [3.05, 3.63) is 69.5 Å².